The van der Waals surface area contributed by atoms with Crippen molar-refractivity contribution in [3.63, 3.8) is 0 Å². The molecule has 0 aliphatic heterocycles. The van der Waals surface area contributed by atoms with Crippen LogP contribution < -0.4 is 5.32 Å². The number of hydrogen-bond donors (Lipinski definition) is 2. The summed E-state index contributed by atoms with van der Waals surface area (Å²) in [6.45, 7) is 0. The average molecular weight is 378 g/mol. The number of aromatic amines is 1. The van der Waals surface area contributed by atoms with Gasteiger partial charge in [-0.3, -0.25) is 14.9 Å². The molecular formula is C20H15FN4OS. The summed E-state index contributed by atoms with van der Waals surface area (Å²) in [4.78, 5) is 17.2. The largest absolute Gasteiger partial charge is 0.323 e. The first-order valence-electron chi connectivity index (χ1n) is 8.27. The molecule has 3 aromatic heterocycles. The number of rotatable bonds is 5. The highest BCUT2D eigenvalue weighted by Gasteiger charge is 2.12. The Kier molecular flexibility index (Phi) is 4.76. The molecule has 4 rings (SSSR count). The number of pyridine rings is 1. The number of nitrogens with zero attached hydrogens (tertiary/aromatic N) is 2. The van der Waals surface area contributed by atoms with E-state index in [0.29, 0.717) is 11.2 Å². The molecule has 0 aliphatic rings. The van der Waals surface area contributed by atoms with E-state index in [2.05, 4.69) is 20.5 Å². The summed E-state index contributed by atoms with van der Waals surface area (Å²) < 4.78 is 14.3. The van der Waals surface area contributed by atoms with Crippen LogP contribution in [0.15, 0.2) is 54.2 Å². The van der Waals surface area contributed by atoms with Crippen molar-refractivity contribution in [2.75, 3.05) is 5.32 Å². The zero-order valence-electron chi connectivity index (χ0n) is 14.1. The molecule has 0 radical (unpaired) electrons. The predicted octanol–water partition coefficient (Wildman–Crippen LogP) is 4.51. The third-order valence-corrected chi connectivity index (χ3v) is 4.86. The van der Waals surface area contributed by atoms with Crippen LogP contribution in [0.25, 0.3) is 23.1 Å². The standard InChI is InChI=1S/C20H15FN4OS/c21-16-11-18-15(10-19(16)23-20(26)9-14-4-2-8-27-14)17(24-25-18)6-5-13-3-1-7-22-12-13/h1-8,10-12H,9H2,(H,23,26)(H,24,25)/b6-5+. The van der Waals surface area contributed by atoms with Gasteiger partial charge in [0.05, 0.1) is 23.3 Å². The van der Waals surface area contributed by atoms with Gasteiger partial charge >= 0.3 is 0 Å². The van der Waals surface area contributed by atoms with E-state index < -0.39 is 5.82 Å². The molecule has 0 bridgehead atoms. The van der Waals surface area contributed by atoms with E-state index in [1.165, 1.54) is 17.4 Å². The fourth-order valence-corrected chi connectivity index (χ4v) is 3.40. The highest BCUT2D eigenvalue weighted by molar-refractivity contribution is 7.10. The Morgan fingerprint density at radius 3 is 2.96 bits per heavy atom. The second-order valence-electron chi connectivity index (χ2n) is 5.91. The summed E-state index contributed by atoms with van der Waals surface area (Å²) in [6.07, 6.45) is 7.36. The summed E-state index contributed by atoms with van der Waals surface area (Å²) >= 11 is 1.49. The molecule has 0 fully saturated rings. The number of anilines is 1. The molecular weight excluding hydrogens is 363 g/mol. The Labute approximate surface area is 158 Å². The molecule has 1 amide bonds. The van der Waals surface area contributed by atoms with Crippen LogP contribution in [0.2, 0.25) is 0 Å². The topological polar surface area (TPSA) is 70.7 Å². The first-order chi connectivity index (χ1) is 13.2. The van der Waals surface area contributed by atoms with Crippen LogP contribution in [-0.4, -0.2) is 21.1 Å². The number of carbonyl (C=O) groups excluding carboxylic acids is 1. The number of nitrogens with one attached hydrogen (secondary N) is 2. The van der Waals surface area contributed by atoms with Crippen LogP contribution in [0, 0.1) is 5.82 Å². The Balaban J connectivity index is 1.59. The summed E-state index contributed by atoms with van der Waals surface area (Å²) in [5.74, 6) is -0.764. The third kappa shape index (κ3) is 3.93. The molecule has 0 saturated heterocycles. The normalized spacial score (nSPS) is 11.3. The highest BCUT2D eigenvalue weighted by atomic mass is 32.1. The lowest BCUT2D eigenvalue weighted by Gasteiger charge is -2.06. The van der Waals surface area contributed by atoms with Crippen molar-refractivity contribution >= 4 is 46.0 Å². The third-order valence-electron chi connectivity index (χ3n) is 3.99. The van der Waals surface area contributed by atoms with E-state index in [1.54, 1.807) is 18.5 Å². The van der Waals surface area contributed by atoms with E-state index in [9.17, 15) is 9.18 Å². The van der Waals surface area contributed by atoms with Gasteiger partial charge in [-0.2, -0.15) is 5.10 Å². The smallest absolute Gasteiger partial charge is 0.229 e. The molecule has 0 spiro atoms. The maximum Gasteiger partial charge on any atom is 0.229 e. The minimum Gasteiger partial charge on any atom is -0.323 e. The van der Waals surface area contributed by atoms with Crippen molar-refractivity contribution in [1.82, 2.24) is 15.2 Å². The number of hydrogen-bond acceptors (Lipinski definition) is 4. The van der Waals surface area contributed by atoms with Gasteiger partial charge in [0, 0.05) is 28.7 Å². The first kappa shape index (κ1) is 17.1. The fourth-order valence-electron chi connectivity index (χ4n) is 2.70. The van der Waals surface area contributed by atoms with Gasteiger partial charge < -0.3 is 5.32 Å². The van der Waals surface area contributed by atoms with Crippen molar-refractivity contribution in [1.29, 1.82) is 0 Å². The maximum absolute atomic E-state index is 14.3. The molecule has 1 aromatic carbocycles. The summed E-state index contributed by atoms with van der Waals surface area (Å²) in [7, 11) is 0. The van der Waals surface area contributed by atoms with Crippen LogP contribution in [0.3, 0.4) is 0 Å². The van der Waals surface area contributed by atoms with E-state index in [1.807, 2.05) is 41.8 Å². The van der Waals surface area contributed by atoms with Gasteiger partial charge in [-0.05, 0) is 35.2 Å². The van der Waals surface area contributed by atoms with Gasteiger partial charge in [-0.25, -0.2) is 4.39 Å². The van der Waals surface area contributed by atoms with Crippen molar-refractivity contribution in [2.24, 2.45) is 0 Å². The van der Waals surface area contributed by atoms with Crippen molar-refractivity contribution < 1.29 is 9.18 Å². The van der Waals surface area contributed by atoms with Gasteiger partial charge in [-0.15, -0.1) is 11.3 Å². The second-order valence-corrected chi connectivity index (χ2v) is 6.94. The van der Waals surface area contributed by atoms with Gasteiger partial charge in [-0.1, -0.05) is 18.2 Å². The van der Waals surface area contributed by atoms with Crippen LogP contribution >= 0.6 is 11.3 Å². The molecule has 4 aromatic rings. The molecule has 134 valence electrons. The predicted molar refractivity (Wildman–Crippen MR) is 106 cm³/mol. The Hall–Kier alpha value is -3.32. The zero-order chi connectivity index (χ0) is 18.6. The number of benzene rings is 1. The van der Waals surface area contributed by atoms with Gasteiger partial charge in [0.15, 0.2) is 0 Å². The number of H-pyrrole nitrogens is 1. The monoisotopic (exact) mass is 378 g/mol. The molecule has 0 unspecified atom stereocenters. The average Bonchev–Trinajstić information content (AvgIpc) is 3.31. The minimum atomic E-state index is -0.506. The summed E-state index contributed by atoms with van der Waals surface area (Å²) in [5.41, 5.74) is 2.29. The molecule has 0 saturated carbocycles. The van der Waals surface area contributed by atoms with Crippen LogP contribution in [0.5, 0.6) is 0 Å². The van der Waals surface area contributed by atoms with E-state index >= 15 is 0 Å². The van der Waals surface area contributed by atoms with Gasteiger partial charge in [0.1, 0.15) is 5.82 Å². The SMILES string of the molecule is O=C(Cc1cccs1)Nc1cc2c(/C=C/c3cccnc3)n[nH]c2cc1F. The van der Waals surface area contributed by atoms with Crippen molar-refractivity contribution in [3.8, 4) is 0 Å². The van der Waals surface area contributed by atoms with Crippen LogP contribution in [-0.2, 0) is 11.2 Å². The number of carbonyl (C=O) groups is 1. The quantitative estimate of drug-likeness (QED) is 0.537. The molecule has 7 heteroatoms. The second kappa shape index (κ2) is 7.51. The highest BCUT2D eigenvalue weighted by Crippen LogP contribution is 2.25. The zero-order valence-corrected chi connectivity index (χ0v) is 15.0. The van der Waals surface area contributed by atoms with E-state index in [4.69, 9.17) is 0 Å². The lowest BCUT2D eigenvalue weighted by atomic mass is 10.1. The number of halogens is 1. The molecule has 27 heavy (non-hydrogen) atoms. The molecule has 3 heterocycles. The van der Waals surface area contributed by atoms with Crippen LogP contribution in [0.4, 0.5) is 10.1 Å². The Morgan fingerprint density at radius 2 is 2.19 bits per heavy atom. The molecule has 0 atom stereocenters. The number of fused-ring (bicyclic) bond motifs is 1. The van der Waals surface area contributed by atoms with E-state index in [0.717, 1.165) is 15.8 Å². The molecule has 2 N–H and O–H groups in total. The van der Waals surface area contributed by atoms with Gasteiger partial charge in [0.2, 0.25) is 5.91 Å². The van der Waals surface area contributed by atoms with Crippen molar-refractivity contribution in [2.45, 2.75) is 6.42 Å². The maximum atomic E-state index is 14.3. The number of aromatic nitrogens is 3. The Bertz CT molecular complexity index is 1100. The minimum absolute atomic E-state index is 0.140. The van der Waals surface area contributed by atoms with Crippen LogP contribution in [0.1, 0.15) is 16.1 Å². The number of thiophene rings is 1. The summed E-state index contributed by atoms with van der Waals surface area (Å²) in [6, 6.07) is 10.5. The van der Waals surface area contributed by atoms with Gasteiger partial charge in [0.25, 0.3) is 0 Å². The van der Waals surface area contributed by atoms with E-state index in [-0.39, 0.29) is 18.0 Å². The van der Waals surface area contributed by atoms with Crippen molar-refractivity contribution in [3.05, 3.63) is 76.1 Å². The lowest BCUT2D eigenvalue weighted by Crippen LogP contribution is -2.14. The number of amides is 1. The molecule has 5 nitrogen and oxygen atoms in total. The molecule has 0 aliphatic carbocycles. The first-order valence-corrected chi connectivity index (χ1v) is 9.15. The summed E-state index contributed by atoms with van der Waals surface area (Å²) in [5, 5.41) is 12.3. The lowest BCUT2D eigenvalue weighted by molar-refractivity contribution is -0.115. The Morgan fingerprint density at radius 1 is 1.26 bits per heavy atom. The fraction of sp³-hybridized carbons (Fsp3) is 0.0500.